The van der Waals surface area contributed by atoms with Crippen molar-refractivity contribution < 1.29 is 0 Å². The van der Waals surface area contributed by atoms with Gasteiger partial charge in [0.1, 0.15) is 0 Å². The Bertz CT molecular complexity index is 199. The Labute approximate surface area is 84.7 Å². The molecule has 0 radical (unpaired) electrons. The van der Waals surface area contributed by atoms with Gasteiger partial charge in [-0.05, 0) is 47.7 Å². The summed E-state index contributed by atoms with van der Waals surface area (Å²) in [5.74, 6) is 1.16. The third-order valence-corrected chi connectivity index (χ3v) is 6.88. The molecule has 0 N–H and O–H groups in total. The summed E-state index contributed by atoms with van der Waals surface area (Å²) in [4.78, 5) is 3.73. The van der Waals surface area contributed by atoms with E-state index in [0.717, 1.165) is 5.75 Å². The average Bonchev–Trinajstić information content (AvgIpc) is 1.97. The first kappa shape index (κ1) is 12.6. The van der Waals surface area contributed by atoms with Gasteiger partial charge in [0.25, 0.3) is 0 Å². The van der Waals surface area contributed by atoms with Crippen LogP contribution in [0.4, 0.5) is 0 Å². The molecule has 0 saturated carbocycles. The van der Waals surface area contributed by atoms with Crippen molar-refractivity contribution in [2.24, 2.45) is 0 Å². The first-order chi connectivity index (χ1) is 5.89. The molecule has 0 aliphatic carbocycles. The maximum Gasteiger partial charge on any atom is -0.0120 e. The van der Waals surface area contributed by atoms with E-state index in [2.05, 4.69) is 47.4 Å². The lowest BCUT2D eigenvalue weighted by molar-refractivity contribution is 1.10. The molecule has 0 aliphatic rings. The summed E-state index contributed by atoms with van der Waals surface area (Å²) in [5, 5.41) is 0. The Balaban J connectivity index is 5.18. The largest absolute Gasteiger partial charge is 0.174 e. The van der Waals surface area contributed by atoms with Crippen molar-refractivity contribution in [2.45, 2.75) is 34.1 Å². The molecule has 0 heterocycles. The molecule has 0 amide bonds. The van der Waals surface area contributed by atoms with Crippen molar-refractivity contribution in [1.82, 2.24) is 0 Å². The Hall–Kier alpha value is -0.430. The van der Waals surface area contributed by atoms with Gasteiger partial charge in [-0.15, -0.1) is 0 Å². The molecule has 0 nitrogen and oxygen atoms in total. The fourth-order valence-electron chi connectivity index (χ4n) is 1.72. The topological polar surface area (TPSA) is 0 Å². The van der Waals surface area contributed by atoms with Gasteiger partial charge in [0.2, 0.25) is 0 Å². The molecule has 0 saturated heterocycles. The van der Waals surface area contributed by atoms with Gasteiger partial charge in [0.05, 0.1) is 0 Å². The van der Waals surface area contributed by atoms with E-state index in [-0.39, 0.29) is 0 Å². The lowest BCUT2D eigenvalue weighted by Gasteiger charge is -2.42. The highest BCUT2D eigenvalue weighted by Crippen LogP contribution is 2.66. The molecule has 0 aromatic heterocycles. The molecule has 0 unspecified atom stereocenters. The number of hydrogen-bond donors (Lipinski definition) is 0. The van der Waals surface area contributed by atoms with Gasteiger partial charge in [-0.2, -0.15) is 10.0 Å². The molecular weight excluding hydrogens is 176 g/mol. The molecule has 0 bridgehead atoms. The van der Waals surface area contributed by atoms with Crippen LogP contribution in [0.2, 0.25) is 0 Å². The molecule has 0 aromatic carbocycles. The van der Waals surface area contributed by atoms with Crippen LogP contribution in [0.25, 0.3) is 0 Å². The molecule has 0 aromatic rings. The summed E-state index contributed by atoms with van der Waals surface area (Å²) in [6.07, 6.45) is 1.17. The van der Waals surface area contributed by atoms with Crippen molar-refractivity contribution in [3.63, 3.8) is 0 Å². The standard InChI is InChI=1S/C12H22S/c1-8-9-13(10(2)3,11(4)5)12(6)7/h2,4,6,8-9H2,1,3,5,7H3. The van der Waals surface area contributed by atoms with Crippen molar-refractivity contribution in [3.8, 4) is 0 Å². The van der Waals surface area contributed by atoms with Crippen LogP contribution >= 0.6 is 10.0 Å². The Kier molecular flexibility index (Phi) is 4.55. The van der Waals surface area contributed by atoms with E-state index < -0.39 is 10.0 Å². The smallest absolute Gasteiger partial charge is 0.0120 e. The summed E-state index contributed by atoms with van der Waals surface area (Å²) < 4.78 is 0. The van der Waals surface area contributed by atoms with E-state index in [1.807, 2.05) is 0 Å². The van der Waals surface area contributed by atoms with Crippen LogP contribution in [0.5, 0.6) is 0 Å². The minimum atomic E-state index is -0.980. The van der Waals surface area contributed by atoms with Gasteiger partial charge in [0.15, 0.2) is 0 Å². The highest BCUT2D eigenvalue weighted by Gasteiger charge is 2.25. The number of hydrogen-bond acceptors (Lipinski definition) is 0. The van der Waals surface area contributed by atoms with E-state index in [4.69, 9.17) is 0 Å². The zero-order chi connectivity index (χ0) is 10.6. The minimum absolute atomic E-state index is 0.980. The molecule has 0 spiro atoms. The Morgan fingerprint density at radius 1 is 0.923 bits per heavy atom. The van der Waals surface area contributed by atoms with Crippen LogP contribution in [0, 0.1) is 0 Å². The van der Waals surface area contributed by atoms with Crippen molar-refractivity contribution in [2.75, 3.05) is 5.75 Å². The van der Waals surface area contributed by atoms with Gasteiger partial charge in [-0.3, -0.25) is 0 Å². The van der Waals surface area contributed by atoms with Crippen LogP contribution in [0.3, 0.4) is 0 Å². The third kappa shape index (κ3) is 2.28. The van der Waals surface area contributed by atoms with Gasteiger partial charge in [-0.25, -0.2) is 0 Å². The maximum atomic E-state index is 4.10. The molecule has 0 rings (SSSR count). The van der Waals surface area contributed by atoms with Crippen LogP contribution < -0.4 is 0 Å². The van der Waals surface area contributed by atoms with Crippen LogP contribution in [-0.4, -0.2) is 5.75 Å². The lowest BCUT2D eigenvalue weighted by Crippen LogP contribution is -2.07. The number of allylic oxidation sites excluding steroid dienone is 3. The van der Waals surface area contributed by atoms with E-state index in [0.29, 0.717) is 0 Å². The monoisotopic (exact) mass is 198 g/mol. The normalized spacial score (nSPS) is 12.3. The molecule has 0 atom stereocenters. The SMILES string of the molecule is C=C(C)S(CCC)(C(=C)C)C(=C)C. The minimum Gasteiger partial charge on any atom is -0.174 e. The zero-order valence-electron chi connectivity index (χ0n) is 9.44. The van der Waals surface area contributed by atoms with Gasteiger partial charge < -0.3 is 0 Å². The zero-order valence-corrected chi connectivity index (χ0v) is 10.3. The van der Waals surface area contributed by atoms with Crippen molar-refractivity contribution >= 4 is 10.0 Å². The van der Waals surface area contributed by atoms with Crippen molar-refractivity contribution in [3.05, 3.63) is 34.5 Å². The predicted molar refractivity (Wildman–Crippen MR) is 67.2 cm³/mol. The fourth-order valence-corrected chi connectivity index (χ4v) is 5.16. The second-order valence-corrected chi connectivity index (χ2v) is 7.53. The first-order valence-corrected chi connectivity index (χ1v) is 6.47. The van der Waals surface area contributed by atoms with Crippen LogP contribution in [0.1, 0.15) is 34.1 Å². The summed E-state index contributed by atoms with van der Waals surface area (Å²) in [6, 6.07) is 0. The highest BCUT2D eigenvalue weighted by molar-refractivity contribution is 8.42. The highest BCUT2D eigenvalue weighted by atomic mass is 32.3. The lowest BCUT2D eigenvalue weighted by atomic mass is 10.6. The molecule has 0 aliphatic heterocycles. The second kappa shape index (κ2) is 4.71. The maximum absolute atomic E-state index is 4.10. The second-order valence-electron chi connectivity index (χ2n) is 3.55. The number of rotatable bonds is 5. The van der Waals surface area contributed by atoms with Crippen molar-refractivity contribution in [1.29, 1.82) is 0 Å². The van der Waals surface area contributed by atoms with Gasteiger partial charge >= 0.3 is 0 Å². The van der Waals surface area contributed by atoms with Gasteiger partial charge in [0, 0.05) is 0 Å². The quantitative estimate of drug-likeness (QED) is 0.595. The molecular formula is C12H22S. The third-order valence-electron chi connectivity index (χ3n) is 2.29. The van der Waals surface area contributed by atoms with E-state index in [9.17, 15) is 0 Å². The van der Waals surface area contributed by atoms with E-state index in [1.165, 1.54) is 21.1 Å². The van der Waals surface area contributed by atoms with Crippen LogP contribution in [-0.2, 0) is 0 Å². The first-order valence-electron chi connectivity index (χ1n) is 4.67. The van der Waals surface area contributed by atoms with E-state index >= 15 is 0 Å². The molecule has 0 fully saturated rings. The average molecular weight is 198 g/mol. The molecule has 1 heteroatoms. The van der Waals surface area contributed by atoms with E-state index in [1.54, 1.807) is 0 Å². The summed E-state index contributed by atoms with van der Waals surface area (Å²) >= 11 is 0. The van der Waals surface area contributed by atoms with Gasteiger partial charge in [-0.1, -0.05) is 26.7 Å². The summed E-state index contributed by atoms with van der Waals surface area (Å²) in [5.41, 5.74) is 0. The Morgan fingerprint density at radius 2 is 1.23 bits per heavy atom. The molecule has 76 valence electrons. The molecule has 13 heavy (non-hydrogen) atoms. The fraction of sp³-hybridized carbons (Fsp3) is 0.500. The summed E-state index contributed by atoms with van der Waals surface area (Å²) in [7, 11) is -0.980. The summed E-state index contributed by atoms with van der Waals surface area (Å²) in [6.45, 7) is 20.8. The Morgan fingerprint density at radius 3 is 1.31 bits per heavy atom. The predicted octanol–water partition coefficient (Wildman–Crippen LogP) is 4.80. The van der Waals surface area contributed by atoms with Crippen LogP contribution in [0.15, 0.2) is 34.5 Å².